The molecule has 2 aliphatic rings. The van der Waals surface area contributed by atoms with Crippen LogP contribution in [-0.2, 0) is 16.1 Å². The monoisotopic (exact) mass is 426 g/mol. The fraction of sp³-hybridized carbons (Fsp3) is 0.417. The van der Waals surface area contributed by atoms with E-state index in [1.807, 2.05) is 29.2 Å². The van der Waals surface area contributed by atoms with Crippen LogP contribution >= 0.6 is 0 Å². The summed E-state index contributed by atoms with van der Waals surface area (Å²) in [5, 5.41) is 4.16. The van der Waals surface area contributed by atoms with Gasteiger partial charge in [0.15, 0.2) is 0 Å². The van der Waals surface area contributed by atoms with Crippen LogP contribution < -0.4 is 9.47 Å². The summed E-state index contributed by atoms with van der Waals surface area (Å²) in [5.41, 5.74) is 1.94. The fourth-order valence-electron chi connectivity index (χ4n) is 4.03. The average Bonchev–Trinajstić information content (AvgIpc) is 3.27. The molecule has 2 heterocycles. The van der Waals surface area contributed by atoms with Crippen LogP contribution in [-0.4, -0.2) is 49.4 Å². The Morgan fingerprint density at radius 2 is 2.06 bits per heavy atom. The number of oxime groups is 1. The summed E-state index contributed by atoms with van der Waals surface area (Å²) in [5.74, 6) is 1.37. The molecule has 1 amide bonds. The minimum absolute atomic E-state index is 0.0177. The van der Waals surface area contributed by atoms with Crippen molar-refractivity contribution in [3.63, 3.8) is 0 Å². The van der Waals surface area contributed by atoms with Crippen molar-refractivity contribution in [2.45, 2.75) is 31.8 Å². The maximum atomic E-state index is 13.0. The molecule has 0 radical (unpaired) electrons. The number of nitrogens with zero attached hydrogens (tertiary/aromatic N) is 2. The zero-order valence-electron chi connectivity index (χ0n) is 17.6. The van der Waals surface area contributed by atoms with Gasteiger partial charge < -0.3 is 19.2 Å². The van der Waals surface area contributed by atoms with Crippen molar-refractivity contribution < 1.29 is 23.5 Å². The second-order valence-corrected chi connectivity index (χ2v) is 8.04. The zero-order chi connectivity index (χ0) is 21.6. The lowest BCUT2D eigenvalue weighted by Crippen LogP contribution is -2.46. The summed E-state index contributed by atoms with van der Waals surface area (Å²) in [7, 11) is 1.64. The number of hydrogen-bond donors (Lipinski definition) is 0. The van der Waals surface area contributed by atoms with Gasteiger partial charge in [-0.15, -0.1) is 0 Å². The SMILES string of the molecule is COc1cccc(CC2=NO[C@H](C(=O)N3CCC[C@@H](COc4ccc(F)cc4)C3)C2)c1. The van der Waals surface area contributed by atoms with E-state index in [0.29, 0.717) is 31.7 Å². The molecule has 31 heavy (non-hydrogen) atoms. The lowest BCUT2D eigenvalue weighted by atomic mass is 9.97. The molecule has 2 aliphatic heterocycles. The van der Waals surface area contributed by atoms with E-state index in [-0.39, 0.29) is 17.6 Å². The topological polar surface area (TPSA) is 60.4 Å². The van der Waals surface area contributed by atoms with E-state index >= 15 is 0 Å². The lowest BCUT2D eigenvalue weighted by Gasteiger charge is -2.33. The molecule has 0 spiro atoms. The molecule has 4 rings (SSSR count). The van der Waals surface area contributed by atoms with Crippen molar-refractivity contribution in [2.75, 3.05) is 26.8 Å². The van der Waals surface area contributed by atoms with Gasteiger partial charge in [-0.3, -0.25) is 4.79 Å². The van der Waals surface area contributed by atoms with Crippen LogP contribution in [0.15, 0.2) is 53.7 Å². The van der Waals surface area contributed by atoms with E-state index in [2.05, 4.69) is 5.16 Å². The number of halogens is 1. The maximum Gasteiger partial charge on any atom is 0.266 e. The van der Waals surface area contributed by atoms with Crippen molar-refractivity contribution in [3.8, 4) is 11.5 Å². The fourth-order valence-corrected chi connectivity index (χ4v) is 4.03. The Balaban J connectivity index is 1.26. The molecule has 2 atom stereocenters. The third-order valence-corrected chi connectivity index (χ3v) is 5.68. The van der Waals surface area contributed by atoms with E-state index in [9.17, 15) is 9.18 Å². The second-order valence-electron chi connectivity index (χ2n) is 8.04. The van der Waals surface area contributed by atoms with Gasteiger partial charge in [-0.2, -0.15) is 0 Å². The first-order chi connectivity index (χ1) is 15.1. The number of hydrogen-bond acceptors (Lipinski definition) is 5. The van der Waals surface area contributed by atoms with Crippen LogP contribution in [0.5, 0.6) is 11.5 Å². The van der Waals surface area contributed by atoms with Gasteiger partial charge in [-0.05, 0) is 54.8 Å². The first-order valence-corrected chi connectivity index (χ1v) is 10.6. The third kappa shape index (κ3) is 5.54. The van der Waals surface area contributed by atoms with E-state index in [1.54, 1.807) is 19.2 Å². The summed E-state index contributed by atoms with van der Waals surface area (Å²) >= 11 is 0. The number of methoxy groups -OCH3 is 1. The molecule has 0 saturated carbocycles. The molecule has 0 aliphatic carbocycles. The maximum absolute atomic E-state index is 13.0. The van der Waals surface area contributed by atoms with Gasteiger partial charge in [0, 0.05) is 31.8 Å². The van der Waals surface area contributed by atoms with E-state index in [1.165, 1.54) is 12.1 Å². The standard InChI is InChI=1S/C24H27FN2O4/c1-29-22-6-2-4-17(13-22)12-20-14-23(31-26-20)24(28)27-11-3-5-18(15-27)16-30-21-9-7-19(25)8-10-21/h2,4,6-10,13,18,23H,3,5,11-12,14-16H2,1H3/t18-,23+/m1/s1. The number of carbonyl (C=O) groups excluding carboxylic acids is 1. The highest BCUT2D eigenvalue weighted by Crippen LogP contribution is 2.23. The molecule has 7 heteroatoms. The zero-order valence-corrected chi connectivity index (χ0v) is 17.6. The molecular weight excluding hydrogens is 399 g/mol. The van der Waals surface area contributed by atoms with E-state index in [0.717, 1.165) is 36.4 Å². The van der Waals surface area contributed by atoms with E-state index < -0.39 is 6.10 Å². The van der Waals surface area contributed by atoms with Crippen molar-refractivity contribution in [3.05, 3.63) is 59.9 Å². The molecule has 164 valence electrons. The highest BCUT2D eigenvalue weighted by atomic mass is 19.1. The van der Waals surface area contributed by atoms with Crippen LogP contribution in [0, 0.1) is 11.7 Å². The van der Waals surface area contributed by atoms with E-state index in [4.69, 9.17) is 14.3 Å². The van der Waals surface area contributed by atoms with Gasteiger partial charge in [0.05, 0.1) is 19.4 Å². The molecule has 0 bridgehead atoms. The minimum atomic E-state index is -0.558. The Morgan fingerprint density at radius 3 is 2.87 bits per heavy atom. The first kappa shape index (κ1) is 21.2. The number of piperidine rings is 1. The summed E-state index contributed by atoms with van der Waals surface area (Å²) < 4.78 is 24.1. The first-order valence-electron chi connectivity index (χ1n) is 10.6. The number of amides is 1. The summed E-state index contributed by atoms with van der Waals surface area (Å²) in [6.45, 7) is 1.85. The highest BCUT2D eigenvalue weighted by Gasteiger charge is 2.34. The van der Waals surface area contributed by atoms with Crippen LogP contribution in [0.3, 0.4) is 0 Å². The van der Waals surface area contributed by atoms with Gasteiger partial charge >= 0.3 is 0 Å². The molecule has 1 saturated heterocycles. The smallest absolute Gasteiger partial charge is 0.266 e. The Labute approximate surface area is 181 Å². The van der Waals surface area contributed by atoms with Gasteiger partial charge in [0.2, 0.25) is 6.10 Å². The summed E-state index contributed by atoms with van der Waals surface area (Å²) in [6, 6.07) is 13.8. The quantitative estimate of drug-likeness (QED) is 0.675. The molecule has 2 aromatic rings. The number of benzene rings is 2. The lowest BCUT2D eigenvalue weighted by molar-refractivity contribution is -0.144. The van der Waals surface area contributed by atoms with Gasteiger partial charge in [-0.1, -0.05) is 17.3 Å². The molecule has 0 unspecified atom stereocenters. The predicted molar refractivity (Wildman–Crippen MR) is 115 cm³/mol. The van der Waals surface area contributed by atoms with Crippen molar-refractivity contribution >= 4 is 11.6 Å². The number of rotatable bonds is 7. The summed E-state index contributed by atoms with van der Waals surface area (Å²) in [6.07, 6.45) is 2.50. The molecule has 2 aromatic carbocycles. The van der Waals surface area contributed by atoms with Gasteiger partial charge in [-0.25, -0.2) is 4.39 Å². The Kier molecular flexibility index (Phi) is 6.70. The van der Waals surface area contributed by atoms with Crippen molar-refractivity contribution in [1.29, 1.82) is 0 Å². The number of carbonyl (C=O) groups is 1. The molecule has 0 aromatic heterocycles. The highest BCUT2D eigenvalue weighted by molar-refractivity contribution is 5.94. The van der Waals surface area contributed by atoms with Gasteiger partial charge in [0.1, 0.15) is 17.3 Å². The second kappa shape index (κ2) is 9.81. The van der Waals surface area contributed by atoms with Gasteiger partial charge in [0.25, 0.3) is 5.91 Å². The Bertz CT molecular complexity index is 931. The van der Waals surface area contributed by atoms with Crippen LogP contribution in [0.25, 0.3) is 0 Å². The predicted octanol–water partition coefficient (Wildman–Crippen LogP) is 3.84. The van der Waals surface area contributed by atoms with Crippen LogP contribution in [0.4, 0.5) is 4.39 Å². The van der Waals surface area contributed by atoms with Crippen molar-refractivity contribution in [1.82, 2.24) is 4.90 Å². The molecule has 1 fully saturated rings. The normalized spacial score (nSPS) is 20.7. The molecular formula is C24H27FN2O4. The largest absolute Gasteiger partial charge is 0.497 e. The number of likely N-dealkylation sites (tertiary alicyclic amines) is 1. The summed E-state index contributed by atoms with van der Waals surface area (Å²) in [4.78, 5) is 20.3. The third-order valence-electron chi connectivity index (χ3n) is 5.68. The number of ether oxygens (including phenoxy) is 2. The van der Waals surface area contributed by atoms with Crippen molar-refractivity contribution in [2.24, 2.45) is 11.1 Å². The molecule has 6 nitrogen and oxygen atoms in total. The Hall–Kier alpha value is -3.09. The molecule has 0 N–H and O–H groups in total. The van der Waals surface area contributed by atoms with Crippen LogP contribution in [0.1, 0.15) is 24.8 Å². The Morgan fingerprint density at radius 1 is 1.23 bits per heavy atom. The average molecular weight is 426 g/mol. The van der Waals surface area contributed by atoms with Crippen LogP contribution in [0.2, 0.25) is 0 Å². The minimum Gasteiger partial charge on any atom is -0.497 e.